The lowest BCUT2D eigenvalue weighted by Gasteiger charge is -2.20. The molecular weight excluding hydrogens is 314 g/mol. The van der Waals surface area contributed by atoms with Gasteiger partial charge in [0.2, 0.25) is 5.78 Å². The molecule has 4 heteroatoms. The van der Waals surface area contributed by atoms with Crippen LogP contribution in [0.3, 0.4) is 0 Å². The lowest BCUT2D eigenvalue weighted by Crippen LogP contribution is -2.22. The first-order valence-electron chi connectivity index (χ1n) is 8.61. The molecule has 0 radical (unpaired) electrons. The average Bonchev–Trinajstić information content (AvgIpc) is 2.90. The standard InChI is InChI=1S/C21H23NO3/c1-4-22(5-2)13-17-18(23)10-9-16-20(24)19(25-21(16)17)12-15-8-6-7-14(3)11-15/h6-12,23H,4-5,13H2,1-3H3/b19-12+. The van der Waals surface area contributed by atoms with Crippen molar-refractivity contribution in [2.45, 2.75) is 27.3 Å². The molecule has 2 aromatic carbocycles. The predicted molar refractivity (Wildman–Crippen MR) is 98.8 cm³/mol. The fourth-order valence-electron chi connectivity index (χ4n) is 3.03. The summed E-state index contributed by atoms with van der Waals surface area (Å²) in [6, 6.07) is 11.1. The van der Waals surface area contributed by atoms with Crippen molar-refractivity contribution in [2.24, 2.45) is 0 Å². The van der Waals surface area contributed by atoms with E-state index in [1.54, 1.807) is 18.2 Å². The number of hydrogen-bond acceptors (Lipinski definition) is 4. The highest BCUT2D eigenvalue weighted by molar-refractivity contribution is 6.15. The van der Waals surface area contributed by atoms with Crippen LogP contribution in [0, 0.1) is 6.92 Å². The van der Waals surface area contributed by atoms with E-state index in [1.807, 2.05) is 31.2 Å². The molecule has 0 atom stereocenters. The van der Waals surface area contributed by atoms with Gasteiger partial charge in [-0.3, -0.25) is 9.69 Å². The van der Waals surface area contributed by atoms with E-state index in [0.29, 0.717) is 29.2 Å². The molecule has 0 saturated heterocycles. The summed E-state index contributed by atoms with van der Waals surface area (Å²) in [5.74, 6) is 0.801. The number of carbonyl (C=O) groups is 1. The first-order chi connectivity index (χ1) is 12.0. The number of ketones is 1. The maximum absolute atomic E-state index is 12.7. The number of hydrogen-bond donors (Lipinski definition) is 1. The quantitative estimate of drug-likeness (QED) is 0.833. The second-order valence-corrected chi connectivity index (χ2v) is 6.26. The second-order valence-electron chi connectivity index (χ2n) is 6.26. The van der Waals surface area contributed by atoms with Gasteiger partial charge in [0, 0.05) is 6.54 Å². The SMILES string of the molecule is CCN(CC)Cc1c(O)ccc2c1O/C(=C/c1cccc(C)c1)C2=O. The summed E-state index contributed by atoms with van der Waals surface area (Å²) in [7, 11) is 0. The van der Waals surface area contributed by atoms with Crippen LogP contribution in [0.1, 0.15) is 40.9 Å². The highest BCUT2D eigenvalue weighted by Gasteiger charge is 2.31. The van der Waals surface area contributed by atoms with E-state index in [-0.39, 0.29) is 11.5 Å². The Hall–Kier alpha value is -2.59. The molecule has 0 spiro atoms. The number of benzene rings is 2. The van der Waals surface area contributed by atoms with Crippen molar-refractivity contribution in [1.82, 2.24) is 4.90 Å². The second kappa shape index (κ2) is 7.11. The van der Waals surface area contributed by atoms with Gasteiger partial charge >= 0.3 is 0 Å². The van der Waals surface area contributed by atoms with Gasteiger partial charge in [-0.25, -0.2) is 0 Å². The molecule has 1 aliphatic rings. The van der Waals surface area contributed by atoms with E-state index in [2.05, 4.69) is 18.7 Å². The molecular formula is C21H23NO3. The zero-order valence-corrected chi connectivity index (χ0v) is 14.9. The Labute approximate surface area is 148 Å². The van der Waals surface area contributed by atoms with Crippen molar-refractivity contribution < 1.29 is 14.6 Å². The van der Waals surface area contributed by atoms with Gasteiger partial charge in [0.15, 0.2) is 5.76 Å². The van der Waals surface area contributed by atoms with Crippen LogP contribution in [0.2, 0.25) is 0 Å². The van der Waals surface area contributed by atoms with Gasteiger partial charge in [0.1, 0.15) is 11.5 Å². The first kappa shape index (κ1) is 17.2. The lowest BCUT2D eigenvalue weighted by molar-refractivity contribution is 0.101. The van der Waals surface area contributed by atoms with Crippen LogP contribution in [-0.2, 0) is 6.54 Å². The Balaban J connectivity index is 1.98. The number of rotatable bonds is 5. The minimum Gasteiger partial charge on any atom is -0.507 e. The molecule has 0 aliphatic carbocycles. The molecule has 1 N–H and O–H groups in total. The number of carbonyl (C=O) groups excluding carboxylic acids is 1. The fraction of sp³-hybridized carbons (Fsp3) is 0.286. The van der Waals surface area contributed by atoms with E-state index in [4.69, 9.17) is 4.74 Å². The Kier molecular flexibility index (Phi) is 4.91. The summed E-state index contributed by atoms with van der Waals surface area (Å²) in [5, 5.41) is 10.3. The van der Waals surface area contributed by atoms with Crippen molar-refractivity contribution >= 4 is 11.9 Å². The van der Waals surface area contributed by atoms with Crippen molar-refractivity contribution in [1.29, 1.82) is 0 Å². The van der Waals surface area contributed by atoms with E-state index in [0.717, 1.165) is 24.2 Å². The van der Waals surface area contributed by atoms with E-state index in [9.17, 15) is 9.90 Å². The van der Waals surface area contributed by atoms with Crippen molar-refractivity contribution in [3.8, 4) is 11.5 Å². The average molecular weight is 337 g/mol. The number of fused-ring (bicyclic) bond motifs is 1. The lowest BCUT2D eigenvalue weighted by atomic mass is 10.0. The molecule has 0 bridgehead atoms. The number of aryl methyl sites for hydroxylation is 1. The van der Waals surface area contributed by atoms with Crippen molar-refractivity contribution in [3.05, 3.63) is 64.4 Å². The fourth-order valence-corrected chi connectivity index (χ4v) is 3.03. The van der Waals surface area contributed by atoms with Crippen molar-refractivity contribution in [2.75, 3.05) is 13.1 Å². The van der Waals surface area contributed by atoms with E-state index in [1.165, 1.54) is 0 Å². The minimum atomic E-state index is -0.141. The number of phenolic OH excluding ortho intramolecular Hbond substituents is 1. The highest BCUT2D eigenvalue weighted by atomic mass is 16.5. The third kappa shape index (κ3) is 3.44. The Bertz CT molecular complexity index is 835. The van der Waals surface area contributed by atoms with Gasteiger partial charge in [0.05, 0.1) is 11.1 Å². The molecule has 130 valence electrons. The van der Waals surface area contributed by atoms with Crippen molar-refractivity contribution in [3.63, 3.8) is 0 Å². The summed E-state index contributed by atoms with van der Waals surface area (Å²) < 4.78 is 5.89. The first-order valence-corrected chi connectivity index (χ1v) is 8.61. The highest BCUT2D eigenvalue weighted by Crippen LogP contribution is 2.40. The van der Waals surface area contributed by atoms with Crippen LogP contribution < -0.4 is 4.74 Å². The third-order valence-electron chi connectivity index (χ3n) is 4.53. The normalized spacial score (nSPS) is 14.9. The smallest absolute Gasteiger partial charge is 0.231 e. The van der Waals surface area contributed by atoms with Gasteiger partial charge in [-0.15, -0.1) is 0 Å². The van der Waals surface area contributed by atoms with Crippen LogP contribution in [0.5, 0.6) is 11.5 Å². The molecule has 0 unspecified atom stereocenters. The zero-order chi connectivity index (χ0) is 18.0. The van der Waals surface area contributed by atoms with E-state index < -0.39 is 0 Å². The Morgan fingerprint density at radius 1 is 1.16 bits per heavy atom. The minimum absolute atomic E-state index is 0.141. The summed E-state index contributed by atoms with van der Waals surface area (Å²) >= 11 is 0. The molecule has 0 aromatic heterocycles. The molecule has 0 amide bonds. The number of Topliss-reactive ketones (excluding diaryl/α,β-unsaturated/α-hetero) is 1. The molecule has 4 nitrogen and oxygen atoms in total. The molecule has 2 aromatic rings. The van der Waals surface area contributed by atoms with Gasteiger partial charge in [-0.05, 0) is 43.8 Å². The maximum atomic E-state index is 12.7. The molecule has 0 fully saturated rings. The Morgan fingerprint density at radius 3 is 2.60 bits per heavy atom. The van der Waals surface area contributed by atoms with Crippen LogP contribution in [0.4, 0.5) is 0 Å². The Morgan fingerprint density at radius 2 is 1.92 bits per heavy atom. The van der Waals surface area contributed by atoms with E-state index >= 15 is 0 Å². The number of phenols is 1. The number of nitrogens with zero attached hydrogens (tertiary/aromatic N) is 1. The molecule has 0 saturated carbocycles. The summed E-state index contributed by atoms with van der Waals surface area (Å²) in [5.41, 5.74) is 3.23. The molecule has 1 heterocycles. The molecule has 1 aliphatic heterocycles. The van der Waals surface area contributed by atoms with Gasteiger partial charge < -0.3 is 9.84 Å². The largest absolute Gasteiger partial charge is 0.507 e. The monoisotopic (exact) mass is 337 g/mol. The number of ether oxygens (including phenoxy) is 1. The van der Waals surface area contributed by atoms with Crippen LogP contribution in [0.15, 0.2) is 42.2 Å². The summed E-state index contributed by atoms with van der Waals surface area (Å²) in [6.07, 6.45) is 1.76. The van der Waals surface area contributed by atoms with Crippen LogP contribution in [0.25, 0.3) is 6.08 Å². The molecule has 25 heavy (non-hydrogen) atoms. The summed E-state index contributed by atoms with van der Waals surface area (Å²) in [6.45, 7) is 8.41. The summed E-state index contributed by atoms with van der Waals surface area (Å²) in [4.78, 5) is 14.9. The zero-order valence-electron chi connectivity index (χ0n) is 14.9. The van der Waals surface area contributed by atoms with Gasteiger partial charge in [0.25, 0.3) is 0 Å². The number of allylic oxidation sites excluding steroid dienone is 1. The van der Waals surface area contributed by atoms with Crippen LogP contribution in [-0.4, -0.2) is 28.9 Å². The maximum Gasteiger partial charge on any atom is 0.231 e. The predicted octanol–water partition coefficient (Wildman–Crippen LogP) is 4.16. The number of aromatic hydroxyl groups is 1. The topological polar surface area (TPSA) is 49.8 Å². The third-order valence-corrected chi connectivity index (χ3v) is 4.53. The van der Waals surface area contributed by atoms with Gasteiger partial charge in [-0.1, -0.05) is 43.7 Å². The van der Waals surface area contributed by atoms with Gasteiger partial charge in [-0.2, -0.15) is 0 Å². The molecule has 3 rings (SSSR count). The van der Waals surface area contributed by atoms with Crippen LogP contribution >= 0.6 is 0 Å².